The molecule has 2 N–H and O–H groups in total. The summed E-state index contributed by atoms with van der Waals surface area (Å²) in [4.78, 5) is 23.6. The summed E-state index contributed by atoms with van der Waals surface area (Å²) in [5.74, 6) is 0.0585. The van der Waals surface area contributed by atoms with Crippen molar-refractivity contribution in [3.8, 4) is 0 Å². The van der Waals surface area contributed by atoms with Crippen molar-refractivity contribution in [2.24, 2.45) is 11.1 Å². The molecule has 0 bridgehead atoms. The molecule has 8 heteroatoms. The van der Waals surface area contributed by atoms with Crippen LogP contribution < -0.4 is 10.6 Å². The normalized spacial score (nSPS) is 29.6. The molecule has 7 nitrogen and oxygen atoms in total. The van der Waals surface area contributed by atoms with Crippen LogP contribution in [-0.4, -0.2) is 48.9 Å². The number of unbranched alkanes of at least 4 members (excludes halogenated alkanes) is 1. The van der Waals surface area contributed by atoms with Gasteiger partial charge in [0.05, 0.1) is 16.7 Å². The van der Waals surface area contributed by atoms with Gasteiger partial charge in [0.25, 0.3) is 0 Å². The van der Waals surface area contributed by atoms with Crippen LogP contribution in [0.1, 0.15) is 73.6 Å². The quantitative estimate of drug-likeness (QED) is 0.438. The van der Waals surface area contributed by atoms with Crippen LogP contribution >= 0.6 is 0 Å². The zero-order valence-corrected chi connectivity index (χ0v) is 18.5. The Morgan fingerprint density at radius 3 is 2.43 bits per heavy atom. The molecule has 0 saturated carbocycles. The topological polar surface area (TPSA) is 89.0 Å². The maximum absolute atomic E-state index is 11.9. The molecule has 28 heavy (non-hydrogen) atoms. The van der Waals surface area contributed by atoms with Gasteiger partial charge in [-0.25, -0.2) is 0 Å². The molecular weight excluding hydrogens is 357 g/mol. The molecule has 2 saturated heterocycles. The van der Waals surface area contributed by atoms with Crippen LogP contribution in [0.3, 0.4) is 0 Å². The molecule has 0 spiro atoms. The molecule has 0 aromatic carbocycles. The number of hydrogen-bond acceptors (Lipinski definition) is 6. The second-order valence-corrected chi connectivity index (χ2v) is 9.43. The highest BCUT2D eigenvalue weighted by Crippen LogP contribution is 2.39. The molecule has 0 radical (unpaired) electrons. The highest BCUT2D eigenvalue weighted by molar-refractivity contribution is 6.45. The van der Waals surface area contributed by atoms with Crippen molar-refractivity contribution in [3.05, 3.63) is 4.91 Å². The monoisotopic (exact) mass is 395 g/mol. The summed E-state index contributed by atoms with van der Waals surface area (Å²) in [5, 5.41) is 9.95. The van der Waals surface area contributed by atoms with E-state index in [1.165, 1.54) is 6.92 Å². The van der Waals surface area contributed by atoms with Crippen LogP contribution in [0.5, 0.6) is 0 Å². The molecule has 2 fully saturated rings. The Bertz CT molecular complexity index is 542. The van der Waals surface area contributed by atoms with E-state index in [0.717, 1.165) is 38.5 Å². The second-order valence-electron chi connectivity index (χ2n) is 9.43. The molecule has 3 atom stereocenters. The number of nitrogens with one attached hydrogen (secondary N) is 2. The van der Waals surface area contributed by atoms with Crippen LogP contribution in [0.15, 0.2) is 5.18 Å². The van der Waals surface area contributed by atoms with Crippen LogP contribution in [-0.2, 0) is 14.1 Å². The zero-order chi connectivity index (χ0) is 21.0. The van der Waals surface area contributed by atoms with E-state index in [2.05, 4.69) is 50.4 Å². The third-order valence-electron chi connectivity index (χ3n) is 6.79. The fourth-order valence-corrected chi connectivity index (χ4v) is 4.50. The summed E-state index contributed by atoms with van der Waals surface area (Å²) in [6.45, 7) is 13.2. The lowest BCUT2D eigenvalue weighted by atomic mass is 9.74. The van der Waals surface area contributed by atoms with Crippen molar-refractivity contribution in [2.45, 2.75) is 103 Å². The Hall–Kier alpha value is -0.985. The summed E-state index contributed by atoms with van der Waals surface area (Å²) in [6, 6.07) is -0.409. The van der Waals surface area contributed by atoms with E-state index in [-0.39, 0.29) is 30.1 Å². The number of amides is 1. The van der Waals surface area contributed by atoms with E-state index in [0.29, 0.717) is 13.0 Å². The number of rotatable bonds is 10. The van der Waals surface area contributed by atoms with Crippen LogP contribution in [0, 0.1) is 10.8 Å². The summed E-state index contributed by atoms with van der Waals surface area (Å²) in [5.41, 5.74) is -1.24. The number of carbonyl (C=O) groups is 1. The average Bonchev–Trinajstić information content (AvgIpc) is 3.06. The molecule has 2 rings (SSSR count). The molecule has 1 unspecified atom stereocenters. The van der Waals surface area contributed by atoms with Crippen molar-refractivity contribution in [1.29, 1.82) is 0 Å². The molecule has 1 amide bonds. The highest BCUT2D eigenvalue weighted by atomic mass is 16.7. The van der Waals surface area contributed by atoms with Crippen molar-refractivity contribution in [2.75, 3.05) is 13.1 Å². The fourth-order valence-electron chi connectivity index (χ4n) is 4.50. The van der Waals surface area contributed by atoms with Crippen molar-refractivity contribution in [1.82, 2.24) is 10.6 Å². The highest BCUT2D eigenvalue weighted by Gasteiger charge is 2.52. The van der Waals surface area contributed by atoms with Gasteiger partial charge in [-0.05, 0) is 52.8 Å². The van der Waals surface area contributed by atoms with Crippen molar-refractivity contribution < 1.29 is 14.1 Å². The van der Waals surface area contributed by atoms with Crippen molar-refractivity contribution >= 4 is 13.0 Å². The molecular formula is C20H38BN3O4. The largest absolute Gasteiger partial charge is 0.457 e. The van der Waals surface area contributed by atoms with E-state index in [9.17, 15) is 9.70 Å². The van der Waals surface area contributed by atoms with Gasteiger partial charge in [-0.3, -0.25) is 4.79 Å². The number of carbonyl (C=O) groups excluding carboxylic acids is 1. The standard InChI is InChI=1S/C20H38BN3O4/c1-7-8-11-17(24-26)20(23-15(2)25)14-22-13-16(20)10-9-12-21-27-18(3,4)19(5,6)28-21/h16-17,22H,7-14H2,1-6H3,(H,23,25)/t16?,17-,20-/m0/s1. The van der Waals surface area contributed by atoms with Gasteiger partial charge >= 0.3 is 7.12 Å². The first kappa shape index (κ1) is 23.3. The average molecular weight is 395 g/mol. The second kappa shape index (κ2) is 9.22. The third kappa shape index (κ3) is 4.94. The van der Waals surface area contributed by atoms with E-state index >= 15 is 0 Å². The first-order valence-electron chi connectivity index (χ1n) is 10.8. The Balaban J connectivity index is 2.02. The van der Waals surface area contributed by atoms with Gasteiger partial charge in [-0.15, -0.1) is 0 Å². The molecule has 2 heterocycles. The first-order chi connectivity index (χ1) is 13.1. The molecule has 0 aromatic rings. The van der Waals surface area contributed by atoms with Gasteiger partial charge in [0, 0.05) is 20.0 Å². The minimum atomic E-state index is -0.599. The lowest BCUT2D eigenvalue weighted by molar-refractivity contribution is -0.121. The summed E-state index contributed by atoms with van der Waals surface area (Å²) in [7, 11) is -0.213. The Morgan fingerprint density at radius 1 is 1.25 bits per heavy atom. The molecule has 0 aliphatic carbocycles. The molecule has 2 aliphatic rings. The lowest BCUT2D eigenvalue weighted by Gasteiger charge is -2.39. The Kier molecular flexibility index (Phi) is 7.67. The number of nitrogens with zero attached hydrogens (tertiary/aromatic N) is 1. The first-order valence-corrected chi connectivity index (χ1v) is 10.8. The smallest absolute Gasteiger partial charge is 0.403 e. The number of hydrogen-bond donors (Lipinski definition) is 2. The predicted octanol–water partition coefficient (Wildman–Crippen LogP) is 3.28. The van der Waals surface area contributed by atoms with E-state index in [1.54, 1.807) is 0 Å². The van der Waals surface area contributed by atoms with E-state index in [1.807, 2.05) is 0 Å². The van der Waals surface area contributed by atoms with Crippen molar-refractivity contribution in [3.63, 3.8) is 0 Å². The van der Waals surface area contributed by atoms with Gasteiger partial charge in [-0.1, -0.05) is 31.4 Å². The Morgan fingerprint density at radius 2 is 1.89 bits per heavy atom. The third-order valence-corrected chi connectivity index (χ3v) is 6.79. The minimum absolute atomic E-state index is 0.107. The maximum atomic E-state index is 11.9. The summed E-state index contributed by atoms with van der Waals surface area (Å²) in [6.07, 6.45) is 5.23. The summed E-state index contributed by atoms with van der Waals surface area (Å²) >= 11 is 0. The van der Waals surface area contributed by atoms with E-state index < -0.39 is 11.6 Å². The van der Waals surface area contributed by atoms with Gasteiger partial charge in [0.15, 0.2) is 0 Å². The zero-order valence-electron chi connectivity index (χ0n) is 18.5. The molecule has 0 aromatic heterocycles. The lowest BCUT2D eigenvalue weighted by Crippen LogP contribution is -2.61. The van der Waals surface area contributed by atoms with Crippen LogP contribution in [0.2, 0.25) is 6.32 Å². The SMILES string of the molecule is CCCC[C@H](N=O)[C@]1(NC(C)=O)CNCC1CCCB1OC(C)(C)C(C)(C)O1. The van der Waals surface area contributed by atoms with Crippen LogP contribution in [0.4, 0.5) is 0 Å². The predicted molar refractivity (Wildman–Crippen MR) is 112 cm³/mol. The number of nitroso groups, excluding NO2 is 1. The summed E-state index contributed by atoms with van der Waals surface area (Å²) < 4.78 is 12.2. The maximum Gasteiger partial charge on any atom is 0.457 e. The molecule has 2 aliphatic heterocycles. The van der Waals surface area contributed by atoms with Gasteiger partial charge < -0.3 is 19.9 Å². The Labute approximate surface area is 170 Å². The minimum Gasteiger partial charge on any atom is -0.403 e. The van der Waals surface area contributed by atoms with E-state index in [4.69, 9.17) is 9.31 Å². The van der Waals surface area contributed by atoms with Gasteiger partial charge in [0.2, 0.25) is 5.91 Å². The van der Waals surface area contributed by atoms with Gasteiger partial charge in [-0.2, -0.15) is 4.91 Å². The van der Waals surface area contributed by atoms with Crippen LogP contribution in [0.25, 0.3) is 0 Å². The fraction of sp³-hybridized carbons (Fsp3) is 0.950. The molecule has 160 valence electrons. The van der Waals surface area contributed by atoms with Gasteiger partial charge in [0.1, 0.15) is 6.04 Å².